The zero-order valence-corrected chi connectivity index (χ0v) is 19.8. The van der Waals surface area contributed by atoms with Gasteiger partial charge >= 0.3 is 6.03 Å². The van der Waals surface area contributed by atoms with Crippen molar-refractivity contribution < 1.29 is 9.59 Å². The van der Waals surface area contributed by atoms with Crippen molar-refractivity contribution in [2.45, 2.75) is 56.9 Å². The molecule has 9 heteroatoms. The molecule has 3 N–H and O–H groups in total. The van der Waals surface area contributed by atoms with Gasteiger partial charge in [-0.25, -0.2) is 9.78 Å². The van der Waals surface area contributed by atoms with Gasteiger partial charge in [-0.1, -0.05) is 19.3 Å². The van der Waals surface area contributed by atoms with E-state index in [1.54, 1.807) is 17.3 Å². The van der Waals surface area contributed by atoms with E-state index in [2.05, 4.69) is 25.9 Å². The van der Waals surface area contributed by atoms with Crippen LogP contribution in [0.25, 0.3) is 10.2 Å². The number of carbonyl (C=O) groups excluding carboxylic acids is 2. The summed E-state index contributed by atoms with van der Waals surface area (Å²) in [6, 6.07) is 5.59. The highest BCUT2D eigenvalue weighted by Gasteiger charge is 2.33. The number of aromatic nitrogens is 2. The van der Waals surface area contributed by atoms with Crippen molar-refractivity contribution in [1.29, 1.82) is 0 Å². The molecule has 6 rings (SSSR count). The summed E-state index contributed by atoms with van der Waals surface area (Å²) < 4.78 is 0. The number of pyridine rings is 2. The molecule has 1 saturated heterocycles. The number of urea groups is 1. The molecule has 0 radical (unpaired) electrons. The molecule has 2 fully saturated rings. The van der Waals surface area contributed by atoms with Crippen molar-refractivity contribution in [2.24, 2.45) is 0 Å². The number of nitrogens with zero attached hydrogens (tertiary/aromatic N) is 3. The molecule has 3 aromatic heterocycles. The van der Waals surface area contributed by atoms with Gasteiger partial charge in [0, 0.05) is 36.6 Å². The molecule has 8 nitrogen and oxygen atoms in total. The Kier molecular flexibility index (Phi) is 5.66. The lowest BCUT2D eigenvalue weighted by Gasteiger charge is -2.29. The quantitative estimate of drug-likeness (QED) is 0.497. The molecule has 1 unspecified atom stereocenters. The lowest BCUT2D eigenvalue weighted by atomic mass is 9.86. The molecule has 34 heavy (non-hydrogen) atoms. The highest BCUT2D eigenvalue weighted by molar-refractivity contribution is 7.21. The Morgan fingerprint density at radius 2 is 1.94 bits per heavy atom. The first kappa shape index (κ1) is 21.5. The summed E-state index contributed by atoms with van der Waals surface area (Å²) in [5.41, 5.74) is 3.15. The Balaban J connectivity index is 1.36. The zero-order chi connectivity index (χ0) is 23.1. The van der Waals surface area contributed by atoms with Crippen molar-refractivity contribution >= 4 is 50.6 Å². The first-order chi connectivity index (χ1) is 16.7. The number of amides is 3. The van der Waals surface area contributed by atoms with Crippen LogP contribution in [-0.4, -0.2) is 41.0 Å². The topological polar surface area (TPSA) is 99.2 Å². The maximum absolute atomic E-state index is 13.4. The third kappa shape index (κ3) is 3.82. The minimum Gasteiger partial charge on any atom is -0.347 e. The van der Waals surface area contributed by atoms with Gasteiger partial charge in [-0.05, 0) is 50.4 Å². The molecule has 1 saturated carbocycles. The van der Waals surface area contributed by atoms with Crippen molar-refractivity contribution in [1.82, 2.24) is 20.6 Å². The first-order valence-electron chi connectivity index (χ1n) is 12.2. The average Bonchev–Trinajstić information content (AvgIpc) is 3.25. The fourth-order valence-electron chi connectivity index (χ4n) is 5.42. The number of anilines is 3. The lowest BCUT2D eigenvalue weighted by Crippen LogP contribution is -2.45. The van der Waals surface area contributed by atoms with Crippen molar-refractivity contribution in [3.8, 4) is 0 Å². The SMILES string of the molecule is O=C(NC1CCCNC1)c1sc2nccc3c2c1NC(=O)N3c1ccnc(C2CCCCC2)c1. The van der Waals surface area contributed by atoms with E-state index in [9.17, 15) is 9.59 Å². The highest BCUT2D eigenvalue weighted by atomic mass is 32.1. The van der Waals surface area contributed by atoms with Gasteiger partial charge in [0.15, 0.2) is 0 Å². The second-order valence-corrected chi connectivity index (χ2v) is 10.4. The van der Waals surface area contributed by atoms with Crippen molar-refractivity contribution in [3.63, 3.8) is 0 Å². The van der Waals surface area contributed by atoms with E-state index in [0.29, 0.717) is 16.5 Å². The molecule has 0 bridgehead atoms. The molecule has 0 aromatic carbocycles. The van der Waals surface area contributed by atoms with E-state index >= 15 is 0 Å². The smallest absolute Gasteiger partial charge is 0.331 e. The van der Waals surface area contributed by atoms with Crippen LogP contribution in [0.15, 0.2) is 30.6 Å². The van der Waals surface area contributed by atoms with Gasteiger partial charge < -0.3 is 16.0 Å². The molecule has 3 amide bonds. The molecule has 2 aliphatic heterocycles. The summed E-state index contributed by atoms with van der Waals surface area (Å²) >= 11 is 1.33. The highest BCUT2D eigenvalue weighted by Crippen LogP contribution is 2.46. The van der Waals surface area contributed by atoms with Crippen LogP contribution in [0.2, 0.25) is 0 Å². The van der Waals surface area contributed by atoms with E-state index in [0.717, 1.165) is 66.1 Å². The largest absolute Gasteiger partial charge is 0.347 e. The average molecular weight is 477 g/mol. The summed E-state index contributed by atoms with van der Waals surface area (Å²) in [6.45, 7) is 1.75. The second kappa shape index (κ2) is 8.96. The van der Waals surface area contributed by atoms with Gasteiger partial charge in [-0.3, -0.25) is 14.7 Å². The molecule has 0 spiro atoms. The minimum atomic E-state index is -0.271. The van der Waals surface area contributed by atoms with E-state index in [-0.39, 0.29) is 18.0 Å². The Bertz CT molecular complexity index is 1250. The Labute approximate surface area is 202 Å². The van der Waals surface area contributed by atoms with Crippen LogP contribution >= 0.6 is 11.3 Å². The monoisotopic (exact) mass is 476 g/mol. The van der Waals surface area contributed by atoms with Gasteiger partial charge in [0.25, 0.3) is 5.91 Å². The second-order valence-electron chi connectivity index (χ2n) is 9.37. The van der Waals surface area contributed by atoms with Crippen molar-refractivity contribution in [3.05, 3.63) is 41.2 Å². The van der Waals surface area contributed by atoms with Crippen molar-refractivity contribution in [2.75, 3.05) is 23.3 Å². The molecule has 1 aliphatic carbocycles. The number of hydrogen-bond acceptors (Lipinski definition) is 6. The Morgan fingerprint density at radius 3 is 2.76 bits per heavy atom. The first-order valence-corrected chi connectivity index (χ1v) is 13.0. The third-order valence-corrected chi connectivity index (χ3v) is 8.23. The third-order valence-electron chi connectivity index (χ3n) is 7.13. The molecule has 5 heterocycles. The fraction of sp³-hybridized carbons (Fsp3) is 0.440. The summed E-state index contributed by atoms with van der Waals surface area (Å²) in [7, 11) is 0. The van der Waals surface area contributed by atoms with E-state index in [1.165, 1.54) is 30.6 Å². The van der Waals surface area contributed by atoms with Crippen LogP contribution in [0.3, 0.4) is 0 Å². The molecule has 3 aliphatic rings. The Hall–Kier alpha value is -3.04. The molecule has 3 aromatic rings. The summed E-state index contributed by atoms with van der Waals surface area (Å²) in [5.74, 6) is 0.287. The van der Waals surface area contributed by atoms with Gasteiger partial charge in [0.2, 0.25) is 0 Å². The van der Waals surface area contributed by atoms with Crippen LogP contribution < -0.4 is 20.9 Å². The van der Waals surface area contributed by atoms with E-state index in [4.69, 9.17) is 0 Å². The lowest BCUT2D eigenvalue weighted by molar-refractivity contribution is 0.0935. The van der Waals surface area contributed by atoms with E-state index < -0.39 is 0 Å². The van der Waals surface area contributed by atoms with E-state index in [1.807, 2.05) is 18.2 Å². The number of carbonyl (C=O) groups is 2. The number of nitrogens with one attached hydrogen (secondary N) is 3. The number of rotatable bonds is 4. The molecule has 1 atom stereocenters. The summed E-state index contributed by atoms with van der Waals surface area (Å²) in [6.07, 6.45) is 11.5. The predicted octanol–water partition coefficient (Wildman–Crippen LogP) is 4.90. The zero-order valence-electron chi connectivity index (χ0n) is 19.0. The van der Waals surface area contributed by atoms with Crippen LogP contribution in [0, 0.1) is 0 Å². The predicted molar refractivity (Wildman–Crippen MR) is 134 cm³/mol. The van der Waals surface area contributed by atoms with Gasteiger partial charge in [0.1, 0.15) is 9.71 Å². The van der Waals surface area contributed by atoms with Crippen LogP contribution in [-0.2, 0) is 0 Å². The van der Waals surface area contributed by atoms with Crippen LogP contribution in [0.4, 0.5) is 21.9 Å². The Morgan fingerprint density at radius 1 is 1.09 bits per heavy atom. The van der Waals surface area contributed by atoms with Gasteiger partial charge in [-0.2, -0.15) is 0 Å². The van der Waals surface area contributed by atoms with Gasteiger partial charge in [-0.15, -0.1) is 11.3 Å². The number of piperidine rings is 1. The fourth-order valence-corrected chi connectivity index (χ4v) is 6.45. The maximum atomic E-state index is 13.4. The minimum absolute atomic E-state index is 0.0944. The van der Waals surface area contributed by atoms with Crippen LogP contribution in [0.1, 0.15) is 66.2 Å². The number of hydrogen-bond donors (Lipinski definition) is 3. The molecule has 176 valence electrons. The maximum Gasteiger partial charge on any atom is 0.331 e. The standard InChI is InChI=1S/C25H28N6O2S/c32-23(29-16-7-4-10-26-14-16)22-21-20-19(9-12-28-24(20)34-22)31(25(33)30-21)17-8-11-27-18(13-17)15-5-2-1-3-6-15/h8-9,11-13,15-16,26H,1-7,10,14H2,(H,29,32)(H,30,33). The normalized spacial score (nSPS) is 20.9. The van der Waals surface area contributed by atoms with Crippen LogP contribution in [0.5, 0.6) is 0 Å². The summed E-state index contributed by atoms with van der Waals surface area (Å²) in [4.78, 5) is 38.6. The van der Waals surface area contributed by atoms with Gasteiger partial charge in [0.05, 0.1) is 22.4 Å². The number of thiophene rings is 1. The molecular weight excluding hydrogens is 448 g/mol. The molecular formula is C25H28N6O2S. The summed E-state index contributed by atoms with van der Waals surface area (Å²) in [5, 5.41) is 10.3.